The van der Waals surface area contributed by atoms with Crippen LogP contribution >= 0.6 is 34.8 Å². The van der Waals surface area contributed by atoms with Crippen molar-refractivity contribution in [2.45, 2.75) is 177 Å². The van der Waals surface area contributed by atoms with Crippen LogP contribution in [0.5, 0.6) is 46.0 Å². The monoisotopic (exact) mass is 1720 g/mol. The van der Waals surface area contributed by atoms with Gasteiger partial charge in [-0.1, -0.05) is 111 Å². The van der Waals surface area contributed by atoms with Gasteiger partial charge in [0.05, 0.1) is 41.3 Å². The lowest BCUT2D eigenvalue weighted by molar-refractivity contribution is -0.330. The summed E-state index contributed by atoms with van der Waals surface area (Å²) in [6.45, 7) is 4.70. The van der Waals surface area contributed by atoms with Crippen molar-refractivity contribution in [3.8, 4) is 68.2 Å². The molecule has 10 unspecified atom stereocenters. The number of nitrogens with two attached hydrogens (primary N) is 2. The van der Waals surface area contributed by atoms with Crippen LogP contribution in [0.4, 0.5) is 0 Å². The predicted octanol–water partition coefficient (Wildman–Crippen LogP) is 4.27. The van der Waals surface area contributed by atoms with E-state index in [-0.39, 0.29) is 90.2 Å². The van der Waals surface area contributed by atoms with Crippen LogP contribution in [0, 0.1) is 5.92 Å². The highest BCUT2D eigenvalue weighted by molar-refractivity contribution is 6.32. The van der Waals surface area contributed by atoms with Gasteiger partial charge >= 0.3 is 0 Å². The van der Waals surface area contributed by atoms with E-state index in [1.54, 1.807) is 19.1 Å². The molecule has 0 aliphatic carbocycles. The molecule has 7 aromatic carbocycles. The van der Waals surface area contributed by atoms with Crippen molar-refractivity contribution < 1.29 is 113 Å². The lowest BCUT2D eigenvalue weighted by Gasteiger charge is -2.45. The normalized spacial score (nSPS) is 25.9. The van der Waals surface area contributed by atoms with Crippen molar-refractivity contribution in [2.24, 2.45) is 17.4 Å². The molecular formula is C83H96Cl3N11O23. The summed E-state index contributed by atoms with van der Waals surface area (Å²) in [4.78, 5) is 120. The summed E-state index contributed by atoms with van der Waals surface area (Å²) in [5.41, 5.74) is 11.9. The Morgan fingerprint density at radius 1 is 0.650 bits per heavy atom. The number of fused-ring (bicyclic) bond motifs is 15. The van der Waals surface area contributed by atoms with Gasteiger partial charge in [0.15, 0.2) is 23.9 Å². The molecule has 0 spiro atoms. The summed E-state index contributed by atoms with van der Waals surface area (Å²) in [6.07, 6.45) is -17.6. The second-order valence-electron chi connectivity index (χ2n) is 29.9. The second-order valence-corrected chi connectivity index (χ2v) is 31.2. The van der Waals surface area contributed by atoms with Gasteiger partial charge in [-0.15, -0.1) is 0 Å². The minimum absolute atomic E-state index is 0. The van der Waals surface area contributed by atoms with Crippen LogP contribution in [0.1, 0.15) is 124 Å². The summed E-state index contributed by atoms with van der Waals surface area (Å²) in [5.74, 6) is -14.6. The quantitative estimate of drug-likeness (QED) is 0.0447. The van der Waals surface area contributed by atoms with Gasteiger partial charge in [0.25, 0.3) is 0 Å². The number of halogens is 3. The Labute approximate surface area is 703 Å². The third kappa shape index (κ3) is 20.6. The largest absolute Gasteiger partial charge is 0.508 e. The standard InChI is InChI=1S/C82H92Cl3N11O23.CH4/c1-35(2)23-51(88-4)75(107)95-66-69(103)41-14-19-55(48(84)25-41)115-57-27-43-28-58(73(57)119-82-74(72(106)71(105)59(34-97)117-82)118-61-32-50(68(102)36(3)114-61)90-33-37-7-9-38(10-8-37)39-11-16-44(83)17-12-39)116-56-20-15-42(26-49(56)85)70(104)67-81(113)94-65(77(109)89-22-6-5-21-86)47-29-45(98)30-54(100)62(47)46-24-40(13-18-53(46)99)63(78(110)96-67)93-79(111)64(43)92-76(108)52(31-60(87)101)91-80(66)112;/h7-20,24-30,35-36,50-52,59,61,63-72,74,82,88,90,97-100,102-106H,5-6,21-23,31-34,86H2,1-4H3,(H2,87,101)(H,89,109)(H,91,112)(H,92,108)(H,93,111)(H,94,113)(H,95,107)(H,96,110);1H4/t36?,50?,51-,52+,59?,61?,63?,64-,65-,66-,67+,68?,69-,70-,71?,72?,74?,82?;/m1./s1. The number of aliphatic hydroxyl groups is 6. The van der Waals surface area contributed by atoms with Gasteiger partial charge in [-0.3, -0.25) is 38.4 Å². The smallest absolute Gasteiger partial charge is 0.248 e. The van der Waals surface area contributed by atoms with E-state index in [0.717, 1.165) is 71.3 Å². The highest BCUT2D eigenvalue weighted by atomic mass is 35.5. The van der Waals surface area contributed by atoms with Crippen LogP contribution in [-0.4, -0.2) is 199 Å². The number of carbonyl (C=O) groups excluding carboxylic acids is 8. The van der Waals surface area contributed by atoms with E-state index in [1.807, 2.05) is 50.2 Å². The van der Waals surface area contributed by atoms with Crippen molar-refractivity contribution in [2.75, 3.05) is 26.7 Å². The van der Waals surface area contributed by atoms with E-state index >= 15 is 24.0 Å². The number of carbonyl (C=O) groups is 8. The predicted molar refractivity (Wildman–Crippen MR) is 435 cm³/mol. The first-order chi connectivity index (χ1) is 56.8. The fourth-order valence-corrected chi connectivity index (χ4v) is 15.3. The third-order valence-electron chi connectivity index (χ3n) is 21.0. The lowest BCUT2D eigenvalue weighted by Crippen LogP contribution is -2.63. The number of nitrogens with one attached hydrogen (secondary N) is 9. The summed E-state index contributed by atoms with van der Waals surface area (Å²) < 4.78 is 39.5. The van der Waals surface area contributed by atoms with Crippen LogP contribution in [-0.2, 0) is 59.1 Å². The maximum Gasteiger partial charge on any atom is 0.248 e. The van der Waals surface area contributed by atoms with Crippen LogP contribution in [0.25, 0.3) is 22.3 Å². The number of aromatic hydroxyl groups is 3. The first-order valence-electron chi connectivity index (χ1n) is 38.3. The number of rotatable bonds is 21. The summed E-state index contributed by atoms with van der Waals surface area (Å²) in [5, 5.41) is 130. The number of primary amides is 1. The Hall–Kier alpha value is -10.5. The van der Waals surface area contributed by atoms with Crippen LogP contribution in [0.3, 0.4) is 0 Å². The van der Waals surface area contributed by atoms with Crippen LogP contribution < -0.4 is 73.5 Å². The minimum atomic E-state index is -2.35. The van der Waals surface area contributed by atoms with E-state index in [4.69, 9.17) is 74.7 Å². The average molecular weight is 1720 g/mol. The third-order valence-corrected chi connectivity index (χ3v) is 21.9. The molecule has 7 aliphatic heterocycles. The number of likely N-dealkylation sites (N-methyl/N-ethyl adjacent to an activating group) is 1. The highest BCUT2D eigenvalue weighted by Crippen LogP contribution is 2.50. The van der Waals surface area contributed by atoms with Crippen molar-refractivity contribution in [3.05, 3.63) is 176 Å². The van der Waals surface area contributed by atoms with Gasteiger partial charge in [-0.2, -0.15) is 0 Å². The highest BCUT2D eigenvalue weighted by Gasteiger charge is 2.51. The van der Waals surface area contributed by atoms with E-state index < -0.39 is 221 Å². The molecule has 7 aliphatic rings. The Morgan fingerprint density at radius 3 is 1.88 bits per heavy atom. The lowest BCUT2D eigenvalue weighted by atomic mass is 9.89. The number of amides is 8. The van der Waals surface area contributed by atoms with E-state index in [9.17, 15) is 60.3 Å². The van der Waals surface area contributed by atoms with Crippen molar-refractivity contribution >= 4 is 82.1 Å². The van der Waals surface area contributed by atoms with Gasteiger partial charge < -0.3 is 134 Å². The molecule has 14 rings (SSSR count). The molecule has 7 heterocycles. The van der Waals surface area contributed by atoms with Gasteiger partial charge in [-0.05, 0) is 157 Å². The number of phenolic OH excluding ortho intramolecular Hbond substituents is 3. The molecule has 0 saturated carbocycles. The molecule has 2 fully saturated rings. The van der Waals surface area contributed by atoms with Gasteiger partial charge in [0, 0.05) is 47.8 Å². The van der Waals surface area contributed by atoms with Crippen molar-refractivity contribution in [1.82, 2.24) is 47.9 Å². The fourth-order valence-electron chi connectivity index (χ4n) is 14.7. The number of ether oxygens (including phenoxy) is 6. The Balaban J connectivity index is 0.0000141. The van der Waals surface area contributed by atoms with Crippen LogP contribution in [0.2, 0.25) is 15.1 Å². The Bertz CT molecular complexity index is 4940. The first kappa shape index (κ1) is 90.3. The van der Waals surface area contributed by atoms with Crippen molar-refractivity contribution in [1.29, 1.82) is 0 Å². The van der Waals surface area contributed by atoms with Gasteiger partial charge in [0.2, 0.25) is 59.3 Å². The van der Waals surface area contributed by atoms with Crippen LogP contribution in [0.15, 0.2) is 127 Å². The molecule has 7 aromatic rings. The second kappa shape index (κ2) is 39.3. The SMILES string of the molecule is C.CN[C@H](CC(C)C)C(=O)N[C@H]1C(=O)N[C@@H](CC(N)=O)C(=O)N[C@H]2C(=O)NC3C(=O)N[C@H](C(=O)N[C@@H](C(=O)NCCCCN)c4cc(O)cc(O)c4-c4cc3ccc4O)[C@H](O)c3ccc(c(Cl)c3)Oc3cc2cc(c3OC2OC(CO)C(O)C(O)C2OC2CC(NCc3ccc(-c4ccc(Cl)cc4)cc3)C(O)C(C)O2)Oc2ccc(cc2Cl)[C@H]1O. The molecule has 37 heteroatoms. The van der Waals surface area contributed by atoms with E-state index in [0.29, 0.717) is 17.9 Å². The Kier molecular flexibility index (Phi) is 29.6. The maximum absolute atomic E-state index is 16.3. The molecule has 0 radical (unpaired) electrons. The average Bonchev–Trinajstić information content (AvgIpc) is 0.762. The molecular weight excluding hydrogens is 1630 g/mol. The number of benzene rings is 7. The maximum atomic E-state index is 16.3. The van der Waals surface area contributed by atoms with E-state index in [1.165, 1.54) is 31.3 Å². The number of aliphatic hydroxyl groups excluding tert-OH is 6. The minimum Gasteiger partial charge on any atom is -0.508 e. The topological polar surface area (TPSA) is 534 Å². The molecule has 642 valence electrons. The fraction of sp³-hybridized carbons (Fsp3) is 0.398. The van der Waals surface area contributed by atoms with Gasteiger partial charge in [-0.25, -0.2) is 0 Å². The number of hydrogen-bond acceptors (Lipinski definition) is 26. The molecule has 34 nitrogen and oxygen atoms in total. The number of phenols is 3. The van der Waals surface area contributed by atoms with Crippen molar-refractivity contribution in [3.63, 3.8) is 0 Å². The zero-order valence-electron chi connectivity index (χ0n) is 64.5. The summed E-state index contributed by atoms with van der Waals surface area (Å²) >= 11 is 20.5. The molecule has 8 amide bonds. The Morgan fingerprint density at radius 2 is 1.27 bits per heavy atom. The molecule has 120 heavy (non-hydrogen) atoms. The zero-order valence-corrected chi connectivity index (χ0v) is 66.8. The first-order valence-corrected chi connectivity index (χ1v) is 39.4. The molecule has 18 atom stereocenters. The van der Waals surface area contributed by atoms with Gasteiger partial charge in [0.1, 0.15) is 95.5 Å². The molecule has 22 N–H and O–H groups in total. The molecule has 11 bridgehead atoms. The van der Waals surface area contributed by atoms with E-state index in [2.05, 4.69) is 47.9 Å². The number of hydrogen-bond donors (Lipinski definition) is 20. The zero-order chi connectivity index (χ0) is 85.5. The molecule has 2 saturated heterocycles. The summed E-state index contributed by atoms with van der Waals surface area (Å²) in [7, 11) is 1.48. The number of unbranched alkanes of at least 4 members (excludes halogenated alkanes) is 1. The summed E-state index contributed by atoms with van der Waals surface area (Å²) in [6, 6.07) is 14.6. The molecule has 0 aromatic heterocycles.